The van der Waals surface area contributed by atoms with Crippen LogP contribution in [0.4, 0.5) is 4.39 Å². The number of ether oxygens (including phenoxy) is 1. The van der Waals surface area contributed by atoms with Crippen LogP contribution in [0.15, 0.2) is 71.6 Å². The average molecular weight is 494 g/mol. The van der Waals surface area contributed by atoms with Crippen LogP contribution >= 0.6 is 0 Å². The number of rotatable bonds is 6. The molecular formula is C25H20FN3O5S. The molecule has 1 unspecified atom stereocenters. The number of sulfonamides is 1. The molecule has 2 atom stereocenters. The molecule has 178 valence electrons. The van der Waals surface area contributed by atoms with Crippen molar-refractivity contribution < 1.29 is 27.8 Å². The first-order chi connectivity index (χ1) is 16.7. The zero-order valence-electron chi connectivity index (χ0n) is 18.3. The zero-order valence-corrected chi connectivity index (χ0v) is 19.1. The molecule has 0 radical (unpaired) electrons. The van der Waals surface area contributed by atoms with Gasteiger partial charge in [0.25, 0.3) is 0 Å². The van der Waals surface area contributed by atoms with E-state index < -0.39 is 40.7 Å². The third-order valence-electron chi connectivity index (χ3n) is 5.86. The summed E-state index contributed by atoms with van der Waals surface area (Å²) >= 11 is 0. The van der Waals surface area contributed by atoms with Crippen LogP contribution in [0.1, 0.15) is 11.1 Å². The van der Waals surface area contributed by atoms with Gasteiger partial charge in [0.05, 0.1) is 29.2 Å². The molecular weight excluding hydrogens is 473 g/mol. The van der Waals surface area contributed by atoms with Gasteiger partial charge in [0.1, 0.15) is 35.4 Å². The van der Waals surface area contributed by atoms with E-state index in [-0.39, 0.29) is 28.3 Å². The largest absolute Gasteiger partial charge is 0.486 e. The van der Waals surface area contributed by atoms with Crippen LogP contribution < -0.4 is 4.74 Å². The molecule has 0 spiro atoms. The molecule has 1 heterocycles. The molecule has 0 amide bonds. The van der Waals surface area contributed by atoms with Crippen LogP contribution in [0.25, 0.3) is 11.1 Å². The highest BCUT2D eigenvalue weighted by molar-refractivity contribution is 7.89. The van der Waals surface area contributed by atoms with Crippen molar-refractivity contribution in [1.29, 1.82) is 10.5 Å². The summed E-state index contributed by atoms with van der Waals surface area (Å²) in [7, 11) is -4.26. The molecule has 4 rings (SSSR count). The Hall–Kier alpha value is -3.80. The van der Waals surface area contributed by atoms with E-state index >= 15 is 0 Å². The van der Waals surface area contributed by atoms with E-state index in [1.54, 1.807) is 12.1 Å². The monoisotopic (exact) mass is 493 g/mol. The van der Waals surface area contributed by atoms with Crippen molar-refractivity contribution in [3.8, 4) is 29.0 Å². The lowest BCUT2D eigenvalue weighted by Crippen LogP contribution is -2.48. The molecule has 0 bridgehead atoms. The van der Waals surface area contributed by atoms with Crippen LogP contribution in [0.2, 0.25) is 0 Å². The van der Waals surface area contributed by atoms with E-state index in [0.717, 1.165) is 15.9 Å². The maximum atomic E-state index is 14.0. The summed E-state index contributed by atoms with van der Waals surface area (Å²) in [6.07, 6.45) is -1.23. The molecule has 1 saturated heterocycles. The standard InChI is InChI=1S/C25H20FN3O5S/c26-22-11-21(8-6-19(22)12-27)34-24-14-29(15-25(24,31)16-30)35(32,33)23-9-7-18(10-20(23)13-28)17-4-2-1-3-5-17/h1-11,24,30-31H,14-16H2/t24-,25?/m0/s1. The van der Waals surface area contributed by atoms with Crippen molar-refractivity contribution in [2.75, 3.05) is 19.7 Å². The summed E-state index contributed by atoms with van der Waals surface area (Å²) in [5.41, 5.74) is -0.773. The topological polar surface area (TPSA) is 135 Å². The van der Waals surface area contributed by atoms with Crippen LogP contribution in [-0.2, 0) is 10.0 Å². The van der Waals surface area contributed by atoms with Crippen molar-refractivity contribution in [2.24, 2.45) is 0 Å². The lowest BCUT2D eigenvalue weighted by atomic mass is 10.0. The van der Waals surface area contributed by atoms with Crippen LogP contribution in [0, 0.1) is 28.5 Å². The lowest BCUT2D eigenvalue weighted by Gasteiger charge is -2.27. The van der Waals surface area contributed by atoms with Gasteiger partial charge in [-0.15, -0.1) is 0 Å². The quantitative estimate of drug-likeness (QED) is 0.538. The predicted octanol–water partition coefficient (Wildman–Crippen LogP) is 2.41. The summed E-state index contributed by atoms with van der Waals surface area (Å²) in [4.78, 5) is -0.245. The van der Waals surface area contributed by atoms with Crippen molar-refractivity contribution in [3.63, 3.8) is 0 Å². The van der Waals surface area contributed by atoms with Crippen molar-refractivity contribution >= 4 is 10.0 Å². The zero-order chi connectivity index (χ0) is 25.2. The molecule has 0 aromatic heterocycles. The normalized spacial score (nSPS) is 20.2. The Morgan fingerprint density at radius 2 is 1.74 bits per heavy atom. The molecule has 1 fully saturated rings. The predicted molar refractivity (Wildman–Crippen MR) is 123 cm³/mol. The minimum Gasteiger partial charge on any atom is -0.486 e. The first kappa shape index (κ1) is 24.3. The van der Waals surface area contributed by atoms with Gasteiger partial charge in [0.2, 0.25) is 10.0 Å². The minimum absolute atomic E-state index is 0.0393. The lowest BCUT2D eigenvalue weighted by molar-refractivity contribution is -0.0641. The van der Waals surface area contributed by atoms with E-state index in [1.165, 1.54) is 24.3 Å². The third-order valence-corrected chi connectivity index (χ3v) is 7.73. The number of halogens is 1. The molecule has 35 heavy (non-hydrogen) atoms. The molecule has 3 aromatic rings. The van der Waals surface area contributed by atoms with E-state index in [1.807, 2.05) is 36.4 Å². The van der Waals surface area contributed by atoms with Gasteiger partial charge in [-0.25, -0.2) is 12.8 Å². The molecule has 1 aliphatic rings. The molecule has 2 N–H and O–H groups in total. The fourth-order valence-corrected chi connectivity index (χ4v) is 5.55. The van der Waals surface area contributed by atoms with Crippen molar-refractivity contribution in [3.05, 3.63) is 83.7 Å². The van der Waals surface area contributed by atoms with Crippen LogP contribution in [0.5, 0.6) is 5.75 Å². The molecule has 10 heteroatoms. The Labute approximate surface area is 201 Å². The van der Waals surface area contributed by atoms with Crippen LogP contribution in [-0.4, -0.2) is 54.3 Å². The van der Waals surface area contributed by atoms with Gasteiger partial charge in [-0.3, -0.25) is 0 Å². The van der Waals surface area contributed by atoms with Crippen molar-refractivity contribution in [1.82, 2.24) is 4.31 Å². The number of β-amino-alcohol motifs (C(OH)–C–C–N with tert-alkyl or cyclic N) is 1. The number of nitriles is 2. The maximum Gasteiger partial charge on any atom is 0.244 e. The summed E-state index contributed by atoms with van der Waals surface area (Å²) < 4.78 is 47.4. The number of hydrogen-bond donors (Lipinski definition) is 2. The Morgan fingerprint density at radius 1 is 1.03 bits per heavy atom. The van der Waals surface area contributed by atoms with E-state index in [2.05, 4.69) is 0 Å². The number of hydrogen-bond acceptors (Lipinski definition) is 7. The Morgan fingerprint density at radius 3 is 2.37 bits per heavy atom. The fraction of sp³-hybridized carbons (Fsp3) is 0.200. The Kier molecular flexibility index (Phi) is 6.57. The van der Waals surface area contributed by atoms with Gasteiger partial charge in [-0.1, -0.05) is 36.4 Å². The maximum absolute atomic E-state index is 14.0. The fourth-order valence-electron chi connectivity index (χ4n) is 3.92. The highest BCUT2D eigenvalue weighted by atomic mass is 32.2. The highest BCUT2D eigenvalue weighted by Gasteiger charge is 2.51. The van der Waals surface area contributed by atoms with Gasteiger partial charge in [0.15, 0.2) is 0 Å². The van der Waals surface area contributed by atoms with Crippen LogP contribution in [0.3, 0.4) is 0 Å². The second kappa shape index (κ2) is 9.45. The van der Waals surface area contributed by atoms with Crippen molar-refractivity contribution in [2.45, 2.75) is 16.6 Å². The molecule has 8 nitrogen and oxygen atoms in total. The molecule has 1 aliphatic heterocycles. The van der Waals surface area contributed by atoms with E-state index in [0.29, 0.717) is 5.56 Å². The first-order valence-corrected chi connectivity index (χ1v) is 11.9. The first-order valence-electron chi connectivity index (χ1n) is 10.5. The molecule has 0 saturated carbocycles. The summed E-state index contributed by atoms with van der Waals surface area (Å²) in [5.74, 6) is -0.875. The summed E-state index contributed by atoms with van der Waals surface area (Å²) in [5, 5.41) is 39.2. The van der Waals surface area contributed by atoms with Gasteiger partial charge in [-0.2, -0.15) is 14.8 Å². The minimum atomic E-state index is -4.26. The van der Waals surface area contributed by atoms with E-state index in [9.17, 15) is 28.3 Å². The van der Waals surface area contributed by atoms with Gasteiger partial charge < -0.3 is 14.9 Å². The van der Waals surface area contributed by atoms with Gasteiger partial charge >= 0.3 is 0 Å². The number of aliphatic hydroxyl groups is 2. The number of aliphatic hydroxyl groups excluding tert-OH is 1. The third kappa shape index (κ3) is 4.61. The second-order valence-electron chi connectivity index (χ2n) is 8.11. The van der Waals surface area contributed by atoms with Gasteiger partial charge in [-0.05, 0) is 35.4 Å². The number of nitrogens with zero attached hydrogens (tertiary/aromatic N) is 3. The van der Waals surface area contributed by atoms with Gasteiger partial charge in [0, 0.05) is 12.6 Å². The second-order valence-corrected chi connectivity index (χ2v) is 10.0. The Bertz CT molecular complexity index is 1450. The summed E-state index contributed by atoms with van der Waals surface area (Å²) in [6, 6.07) is 20.6. The number of benzene rings is 3. The Balaban J connectivity index is 1.64. The molecule has 3 aromatic carbocycles. The average Bonchev–Trinajstić information content (AvgIpc) is 3.21. The SMILES string of the molecule is N#Cc1ccc(O[C@H]2CN(S(=O)(=O)c3ccc(-c4ccccc4)cc3C#N)CC2(O)CO)cc1F. The summed E-state index contributed by atoms with van der Waals surface area (Å²) in [6.45, 7) is -1.67. The highest BCUT2D eigenvalue weighted by Crippen LogP contribution is 2.33. The van der Waals surface area contributed by atoms with E-state index in [4.69, 9.17) is 10.00 Å². The molecule has 0 aliphatic carbocycles. The smallest absolute Gasteiger partial charge is 0.244 e.